The number of hydrogen-bond acceptors (Lipinski definition) is 4. The van der Waals surface area contributed by atoms with E-state index in [1.165, 1.54) is 25.8 Å². The third-order valence-corrected chi connectivity index (χ3v) is 8.38. The monoisotopic (exact) mass is 522 g/mol. The summed E-state index contributed by atoms with van der Waals surface area (Å²) in [5.41, 5.74) is 3.88. The van der Waals surface area contributed by atoms with Gasteiger partial charge in [-0.1, -0.05) is 53.7 Å². The molecule has 188 valence electrons. The summed E-state index contributed by atoms with van der Waals surface area (Å²) in [5, 5.41) is 7.83. The topological polar surface area (TPSA) is 33.7 Å². The van der Waals surface area contributed by atoms with Crippen LogP contribution in [0.3, 0.4) is 0 Å². The van der Waals surface area contributed by atoms with Gasteiger partial charge in [-0.3, -0.25) is 5.01 Å². The molecular formula is C29H35ClN4OS+2. The largest absolute Gasteiger partial charge is 0.488 e. The minimum atomic E-state index is 0.402. The standard InChI is InChI=1S/C29H33ClN4OS/c1-32(2)16-17-35-25-8-5-6-22(18-25)21-31-34-14-12-33(13-15-34)27-19-23-7-3-4-9-28(23)36-29-11-10-24(30)20-26(27)29/h3-11,18,20-21,27H,12-17,19H2,1-2H3/p+2/b31-21+/t27-/m1/s1. The smallest absolute Gasteiger partial charge is 0.137 e. The molecule has 0 aromatic heterocycles. The van der Waals surface area contributed by atoms with Crippen LogP contribution >= 0.6 is 23.4 Å². The Kier molecular flexibility index (Phi) is 8.17. The van der Waals surface area contributed by atoms with Crippen molar-refractivity contribution in [2.24, 2.45) is 5.10 Å². The summed E-state index contributed by atoms with van der Waals surface area (Å²) >= 11 is 8.34. The van der Waals surface area contributed by atoms with Crippen molar-refractivity contribution in [1.82, 2.24) is 5.01 Å². The Morgan fingerprint density at radius 3 is 2.72 bits per heavy atom. The Morgan fingerprint density at radius 1 is 1.06 bits per heavy atom. The van der Waals surface area contributed by atoms with E-state index in [1.54, 1.807) is 4.90 Å². The highest BCUT2D eigenvalue weighted by Crippen LogP contribution is 2.40. The molecule has 0 aliphatic carbocycles. The lowest BCUT2D eigenvalue weighted by molar-refractivity contribution is -0.936. The normalized spacial score (nSPS) is 18.2. The number of hydrogen-bond donors (Lipinski definition) is 2. The van der Waals surface area contributed by atoms with Crippen molar-refractivity contribution in [3.05, 3.63) is 88.4 Å². The van der Waals surface area contributed by atoms with Gasteiger partial charge in [0.2, 0.25) is 0 Å². The molecule has 1 saturated heterocycles. The average Bonchev–Trinajstić information content (AvgIpc) is 3.04. The summed E-state index contributed by atoms with van der Waals surface area (Å²) in [6.07, 6.45) is 3.00. The van der Waals surface area contributed by atoms with Crippen LogP contribution in [0.2, 0.25) is 5.02 Å². The first-order valence-corrected chi connectivity index (χ1v) is 14.0. The Hall–Kier alpha value is -2.51. The fourth-order valence-corrected chi connectivity index (χ4v) is 6.22. The first kappa shape index (κ1) is 25.2. The molecule has 0 radical (unpaired) electrons. The minimum Gasteiger partial charge on any atom is -0.488 e. The zero-order valence-electron chi connectivity index (χ0n) is 21.0. The van der Waals surface area contributed by atoms with E-state index < -0.39 is 0 Å². The van der Waals surface area contributed by atoms with Crippen LogP contribution in [0.15, 0.2) is 81.6 Å². The number of nitrogens with one attached hydrogen (secondary N) is 2. The number of quaternary nitrogens is 2. The van der Waals surface area contributed by atoms with Crippen LogP contribution in [-0.4, -0.2) is 64.6 Å². The van der Waals surface area contributed by atoms with E-state index in [1.807, 2.05) is 36.2 Å². The first-order chi connectivity index (χ1) is 17.5. The van der Waals surface area contributed by atoms with Crippen molar-refractivity contribution in [2.45, 2.75) is 22.3 Å². The SMILES string of the molecule is C[NH+](C)CCOc1cccc(/C=N/N2CC[NH+]([C@@H]3Cc4ccccc4Sc4ccc(Cl)cc43)CC2)c1. The molecule has 2 heterocycles. The van der Waals surface area contributed by atoms with Crippen molar-refractivity contribution in [3.63, 3.8) is 0 Å². The molecule has 0 spiro atoms. The Labute approximate surface area is 223 Å². The highest BCUT2D eigenvalue weighted by atomic mass is 35.5. The number of ether oxygens (including phenoxy) is 1. The molecule has 1 fully saturated rings. The van der Waals surface area contributed by atoms with Crippen LogP contribution in [0.25, 0.3) is 0 Å². The molecular weight excluding hydrogens is 488 g/mol. The lowest BCUT2D eigenvalue weighted by Gasteiger charge is -2.35. The van der Waals surface area contributed by atoms with E-state index in [9.17, 15) is 0 Å². The molecule has 0 amide bonds. The number of nitrogens with zero attached hydrogens (tertiary/aromatic N) is 2. The Bertz CT molecular complexity index is 1210. The molecule has 0 saturated carbocycles. The molecule has 2 aliphatic rings. The summed E-state index contributed by atoms with van der Waals surface area (Å²) in [6.45, 7) is 5.68. The predicted molar refractivity (Wildman–Crippen MR) is 148 cm³/mol. The van der Waals surface area contributed by atoms with E-state index in [4.69, 9.17) is 21.4 Å². The van der Waals surface area contributed by atoms with Gasteiger partial charge in [0.25, 0.3) is 0 Å². The van der Waals surface area contributed by atoms with Crippen LogP contribution < -0.4 is 14.5 Å². The van der Waals surface area contributed by atoms with E-state index in [0.717, 1.165) is 55.5 Å². The quantitative estimate of drug-likeness (QED) is 0.468. The average molecular weight is 523 g/mol. The van der Waals surface area contributed by atoms with Gasteiger partial charge in [0, 0.05) is 26.8 Å². The predicted octanol–water partition coefficient (Wildman–Crippen LogP) is 2.85. The fraction of sp³-hybridized carbons (Fsp3) is 0.345. The number of fused-ring (bicyclic) bond motifs is 2. The van der Waals surface area contributed by atoms with Gasteiger partial charge in [-0.15, -0.1) is 0 Å². The van der Waals surface area contributed by atoms with Gasteiger partial charge < -0.3 is 14.5 Å². The van der Waals surface area contributed by atoms with Crippen molar-refractivity contribution in [3.8, 4) is 5.75 Å². The molecule has 36 heavy (non-hydrogen) atoms. The van der Waals surface area contributed by atoms with Crippen LogP contribution in [0, 0.1) is 0 Å². The van der Waals surface area contributed by atoms with Gasteiger partial charge in [-0.2, -0.15) is 5.10 Å². The van der Waals surface area contributed by atoms with Crippen LogP contribution in [-0.2, 0) is 6.42 Å². The second-order valence-electron chi connectivity index (χ2n) is 9.88. The number of likely N-dealkylation sites (N-methyl/N-ethyl adjacent to an activating group) is 1. The van der Waals surface area contributed by atoms with Crippen molar-refractivity contribution >= 4 is 29.6 Å². The van der Waals surface area contributed by atoms with Crippen molar-refractivity contribution in [1.29, 1.82) is 0 Å². The molecule has 2 N–H and O–H groups in total. The highest BCUT2D eigenvalue weighted by Gasteiger charge is 2.33. The third kappa shape index (κ3) is 6.24. The van der Waals surface area contributed by atoms with Gasteiger partial charge >= 0.3 is 0 Å². The maximum Gasteiger partial charge on any atom is 0.137 e. The molecule has 0 bridgehead atoms. The second kappa shape index (κ2) is 11.7. The molecule has 0 unspecified atom stereocenters. The maximum atomic E-state index is 6.47. The summed E-state index contributed by atoms with van der Waals surface area (Å²) in [7, 11) is 4.27. The van der Waals surface area contributed by atoms with Crippen LogP contribution in [0.4, 0.5) is 0 Å². The maximum absolute atomic E-state index is 6.47. The minimum absolute atomic E-state index is 0.402. The van der Waals surface area contributed by atoms with E-state index >= 15 is 0 Å². The van der Waals surface area contributed by atoms with Crippen molar-refractivity contribution < 1.29 is 14.5 Å². The summed E-state index contributed by atoms with van der Waals surface area (Å²) in [4.78, 5) is 5.69. The zero-order chi connectivity index (χ0) is 24.9. The fourth-order valence-electron chi connectivity index (χ4n) is 4.92. The number of piperazine rings is 1. The molecule has 7 heteroatoms. The Balaban J connectivity index is 1.24. The first-order valence-electron chi connectivity index (χ1n) is 12.8. The van der Waals surface area contributed by atoms with Gasteiger partial charge in [0.15, 0.2) is 0 Å². The number of benzene rings is 3. The Morgan fingerprint density at radius 2 is 1.89 bits per heavy atom. The van der Waals surface area contributed by atoms with Crippen LogP contribution in [0.5, 0.6) is 5.75 Å². The molecule has 5 rings (SSSR count). The lowest BCUT2D eigenvalue weighted by Crippen LogP contribution is -3.15. The van der Waals surface area contributed by atoms with Crippen LogP contribution in [0.1, 0.15) is 22.7 Å². The van der Waals surface area contributed by atoms with Gasteiger partial charge in [-0.25, -0.2) is 0 Å². The molecule has 5 nitrogen and oxygen atoms in total. The molecule has 1 atom stereocenters. The highest BCUT2D eigenvalue weighted by molar-refractivity contribution is 7.99. The van der Waals surface area contributed by atoms with E-state index in [0.29, 0.717) is 12.6 Å². The van der Waals surface area contributed by atoms with Gasteiger partial charge in [0.1, 0.15) is 24.9 Å². The number of halogens is 1. The van der Waals surface area contributed by atoms with Gasteiger partial charge in [0.05, 0.1) is 46.5 Å². The van der Waals surface area contributed by atoms with E-state index in [2.05, 4.69) is 67.6 Å². The summed E-state index contributed by atoms with van der Waals surface area (Å²) in [5.74, 6) is 0.901. The number of rotatable bonds is 7. The van der Waals surface area contributed by atoms with E-state index in [-0.39, 0.29) is 0 Å². The molecule has 3 aromatic carbocycles. The zero-order valence-corrected chi connectivity index (χ0v) is 22.6. The van der Waals surface area contributed by atoms with Gasteiger partial charge in [-0.05, 0) is 47.5 Å². The second-order valence-corrected chi connectivity index (χ2v) is 11.4. The summed E-state index contributed by atoms with van der Waals surface area (Å²) in [6, 6.07) is 23.8. The molecule has 3 aromatic rings. The summed E-state index contributed by atoms with van der Waals surface area (Å²) < 4.78 is 5.89. The lowest BCUT2D eigenvalue weighted by atomic mass is 9.97. The number of hydrazone groups is 1. The third-order valence-electron chi connectivity index (χ3n) is 6.94. The van der Waals surface area contributed by atoms with Crippen molar-refractivity contribution in [2.75, 3.05) is 53.4 Å². The molecule has 2 aliphatic heterocycles.